The molecule has 2 heterocycles. The molecule has 0 spiro atoms. The fourth-order valence-electron chi connectivity index (χ4n) is 3.21. The number of amides is 2. The Kier molecular flexibility index (Phi) is 4.61. The van der Waals surface area contributed by atoms with Crippen molar-refractivity contribution in [3.63, 3.8) is 0 Å². The molecule has 1 aromatic heterocycles. The minimum atomic E-state index is -0.326. The zero-order chi connectivity index (χ0) is 18.1. The van der Waals surface area contributed by atoms with Crippen molar-refractivity contribution in [3.8, 4) is 0 Å². The molecule has 0 aliphatic carbocycles. The van der Waals surface area contributed by atoms with Gasteiger partial charge in [-0.15, -0.1) is 0 Å². The van der Waals surface area contributed by atoms with Crippen LogP contribution in [0.4, 0.5) is 5.69 Å². The molecule has 1 N–H and O–H groups in total. The van der Waals surface area contributed by atoms with E-state index in [-0.39, 0.29) is 30.2 Å². The topological polar surface area (TPSA) is 67.2 Å². The molecule has 0 unspecified atom stereocenters. The molecule has 1 aromatic carbocycles. The van der Waals surface area contributed by atoms with Crippen molar-refractivity contribution < 1.29 is 9.59 Å². The highest BCUT2D eigenvalue weighted by Crippen LogP contribution is 2.26. The van der Waals surface area contributed by atoms with Crippen LogP contribution in [0.3, 0.4) is 0 Å². The van der Waals surface area contributed by atoms with Crippen LogP contribution in [0.15, 0.2) is 30.5 Å². The van der Waals surface area contributed by atoms with E-state index in [4.69, 9.17) is 0 Å². The van der Waals surface area contributed by atoms with Gasteiger partial charge in [-0.05, 0) is 32.9 Å². The molecule has 132 valence electrons. The standard InChI is InChI=1S/C19H24N4O2/c1-12-5-7-16(8-6-12)23-11-15(9-18(23)24)19(25)21-13(2)17-10-20-22(4)14(17)3/h5-8,10,13,15H,9,11H2,1-4H3,(H,21,25)/t13-,15+/m0/s1. The van der Waals surface area contributed by atoms with Gasteiger partial charge in [0, 0.05) is 37.0 Å². The molecule has 2 atom stereocenters. The third-order valence-electron chi connectivity index (χ3n) is 4.94. The molecule has 2 aromatic rings. The Balaban J connectivity index is 1.66. The average molecular weight is 340 g/mol. The summed E-state index contributed by atoms with van der Waals surface area (Å²) in [6.07, 6.45) is 2.02. The number of aromatic nitrogens is 2. The Morgan fingerprint density at radius 2 is 1.96 bits per heavy atom. The molecule has 0 bridgehead atoms. The molecule has 3 rings (SSSR count). The minimum absolute atomic E-state index is 0.00536. The highest BCUT2D eigenvalue weighted by molar-refractivity contribution is 6.00. The monoisotopic (exact) mass is 340 g/mol. The van der Waals surface area contributed by atoms with Crippen molar-refractivity contribution in [1.29, 1.82) is 0 Å². The molecule has 25 heavy (non-hydrogen) atoms. The molecular formula is C19H24N4O2. The minimum Gasteiger partial charge on any atom is -0.349 e. The van der Waals surface area contributed by atoms with E-state index >= 15 is 0 Å². The maximum Gasteiger partial charge on any atom is 0.227 e. The van der Waals surface area contributed by atoms with E-state index in [0.717, 1.165) is 22.5 Å². The molecule has 1 fully saturated rings. The van der Waals surface area contributed by atoms with Gasteiger partial charge in [0.25, 0.3) is 0 Å². The highest BCUT2D eigenvalue weighted by atomic mass is 16.2. The number of hydrogen-bond donors (Lipinski definition) is 1. The van der Waals surface area contributed by atoms with E-state index in [0.29, 0.717) is 6.54 Å². The van der Waals surface area contributed by atoms with Crippen molar-refractivity contribution >= 4 is 17.5 Å². The van der Waals surface area contributed by atoms with Gasteiger partial charge in [0.1, 0.15) is 0 Å². The first-order chi connectivity index (χ1) is 11.9. The smallest absolute Gasteiger partial charge is 0.227 e. The Hall–Kier alpha value is -2.63. The predicted octanol–water partition coefficient (Wildman–Crippen LogP) is 2.27. The summed E-state index contributed by atoms with van der Waals surface area (Å²) in [4.78, 5) is 26.6. The second kappa shape index (κ2) is 6.70. The number of nitrogens with zero attached hydrogens (tertiary/aromatic N) is 3. The van der Waals surface area contributed by atoms with Gasteiger partial charge in [-0.3, -0.25) is 14.3 Å². The van der Waals surface area contributed by atoms with Crippen molar-refractivity contribution in [2.75, 3.05) is 11.4 Å². The quantitative estimate of drug-likeness (QED) is 0.928. The van der Waals surface area contributed by atoms with Crippen LogP contribution in [-0.4, -0.2) is 28.1 Å². The van der Waals surface area contributed by atoms with Gasteiger partial charge >= 0.3 is 0 Å². The largest absolute Gasteiger partial charge is 0.349 e. The van der Waals surface area contributed by atoms with Crippen molar-refractivity contribution in [2.24, 2.45) is 13.0 Å². The van der Waals surface area contributed by atoms with Crippen LogP contribution < -0.4 is 10.2 Å². The average Bonchev–Trinajstić information content (AvgIpc) is 3.12. The van der Waals surface area contributed by atoms with E-state index < -0.39 is 0 Å². The first-order valence-corrected chi connectivity index (χ1v) is 8.52. The van der Waals surface area contributed by atoms with Gasteiger partial charge in [-0.2, -0.15) is 5.10 Å². The Labute approximate surface area is 147 Å². The number of anilines is 1. The summed E-state index contributed by atoms with van der Waals surface area (Å²) in [5, 5.41) is 7.24. The van der Waals surface area contributed by atoms with Crippen LogP contribution in [0, 0.1) is 19.8 Å². The number of nitrogens with one attached hydrogen (secondary N) is 1. The second-order valence-corrected chi connectivity index (χ2v) is 6.78. The summed E-state index contributed by atoms with van der Waals surface area (Å²) in [7, 11) is 1.88. The predicted molar refractivity (Wildman–Crippen MR) is 96.1 cm³/mol. The van der Waals surface area contributed by atoms with Crippen LogP contribution in [0.25, 0.3) is 0 Å². The van der Waals surface area contributed by atoms with Crippen LogP contribution in [0.2, 0.25) is 0 Å². The molecule has 0 saturated carbocycles. The van der Waals surface area contributed by atoms with E-state index in [1.807, 2.05) is 52.1 Å². The Morgan fingerprint density at radius 3 is 2.56 bits per heavy atom. The lowest BCUT2D eigenvalue weighted by atomic mass is 10.1. The van der Waals surface area contributed by atoms with Gasteiger partial charge in [0.2, 0.25) is 11.8 Å². The summed E-state index contributed by atoms with van der Waals surface area (Å²) in [6, 6.07) is 7.67. The summed E-state index contributed by atoms with van der Waals surface area (Å²) >= 11 is 0. The number of carbonyl (C=O) groups excluding carboxylic acids is 2. The molecule has 6 nitrogen and oxygen atoms in total. The first-order valence-electron chi connectivity index (χ1n) is 8.52. The van der Waals surface area contributed by atoms with Gasteiger partial charge in [-0.25, -0.2) is 0 Å². The highest BCUT2D eigenvalue weighted by Gasteiger charge is 2.35. The van der Waals surface area contributed by atoms with E-state index in [1.54, 1.807) is 15.8 Å². The van der Waals surface area contributed by atoms with E-state index in [9.17, 15) is 9.59 Å². The maximum absolute atomic E-state index is 12.6. The van der Waals surface area contributed by atoms with Crippen LogP contribution >= 0.6 is 0 Å². The Morgan fingerprint density at radius 1 is 1.28 bits per heavy atom. The summed E-state index contributed by atoms with van der Waals surface area (Å²) in [5.74, 6) is -0.416. The fraction of sp³-hybridized carbons (Fsp3) is 0.421. The van der Waals surface area contributed by atoms with Crippen LogP contribution in [0.1, 0.15) is 36.2 Å². The number of hydrogen-bond acceptors (Lipinski definition) is 3. The lowest BCUT2D eigenvalue weighted by Gasteiger charge is -2.18. The number of benzene rings is 1. The number of aryl methyl sites for hydroxylation is 2. The summed E-state index contributed by atoms with van der Waals surface area (Å²) in [5.41, 5.74) is 4.01. The van der Waals surface area contributed by atoms with E-state index in [2.05, 4.69) is 10.4 Å². The summed E-state index contributed by atoms with van der Waals surface area (Å²) < 4.78 is 1.79. The summed E-state index contributed by atoms with van der Waals surface area (Å²) in [6.45, 7) is 6.35. The zero-order valence-electron chi connectivity index (χ0n) is 15.1. The second-order valence-electron chi connectivity index (χ2n) is 6.78. The van der Waals surface area contributed by atoms with Gasteiger partial charge < -0.3 is 10.2 Å². The third-order valence-corrected chi connectivity index (χ3v) is 4.94. The van der Waals surface area contributed by atoms with Gasteiger partial charge in [0.05, 0.1) is 18.2 Å². The molecule has 1 aliphatic rings. The van der Waals surface area contributed by atoms with Crippen LogP contribution in [0.5, 0.6) is 0 Å². The molecular weight excluding hydrogens is 316 g/mol. The first kappa shape index (κ1) is 17.2. The molecule has 1 saturated heterocycles. The lowest BCUT2D eigenvalue weighted by molar-refractivity contribution is -0.126. The van der Waals surface area contributed by atoms with Crippen molar-refractivity contribution in [2.45, 2.75) is 33.2 Å². The van der Waals surface area contributed by atoms with Gasteiger partial charge in [-0.1, -0.05) is 17.7 Å². The zero-order valence-corrected chi connectivity index (χ0v) is 15.1. The van der Waals surface area contributed by atoms with Crippen molar-refractivity contribution in [3.05, 3.63) is 47.3 Å². The normalized spacial score (nSPS) is 18.5. The SMILES string of the molecule is Cc1ccc(N2C[C@H](C(=O)N[C@@H](C)c3cnn(C)c3C)CC2=O)cc1. The molecule has 2 amide bonds. The fourth-order valence-corrected chi connectivity index (χ4v) is 3.21. The third kappa shape index (κ3) is 3.43. The Bertz CT molecular complexity index is 794. The lowest BCUT2D eigenvalue weighted by Crippen LogP contribution is -2.34. The van der Waals surface area contributed by atoms with E-state index in [1.165, 1.54) is 0 Å². The van der Waals surface area contributed by atoms with Crippen molar-refractivity contribution in [1.82, 2.24) is 15.1 Å². The number of rotatable bonds is 4. The van der Waals surface area contributed by atoms with Gasteiger partial charge in [0.15, 0.2) is 0 Å². The molecule has 0 radical (unpaired) electrons. The maximum atomic E-state index is 12.6. The molecule has 6 heteroatoms. The number of carbonyl (C=O) groups is 2. The molecule has 1 aliphatic heterocycles. The van der Waals surface area contributed by atoms with Crippen LogP contribution in [-0.2, 0) is 16.6 Å².